The van der Waals surface area contributed by atoms with Crippen LogP contribution in [0.3, 0.4) is 0 Å². The zero-order valence-electron chi connectivity index (χ0n) is 10.6. The minimum absolute atomic E-state index is 0.0684. The van der Waals surface area contributed by atoms with Gasteiger partial charge in [0.2, 0.25) is 0 Å². The van der Waals surface area contributed by atoms with E-state index in [0.717, 1.165) is 4.31 Å². The fourth-order valence-electron chi connectivity index (χ4n) is 2.08. The maximum Gasteiger partial charge on any atom is 0.269 e. The van der Waals surface area contributed by atoms with Crippen LogP contribution in [0.5, 0.6) is 0 Å². The Morgan fingerprint density at radius 3 is 2.53 bits per heavy atom. The van der Waals surface area contributed by atoms with Crippen LogP contribution in [0, 0.1) is 0 Å². The molecule has 1 heterocycles. The first-order valence-electron chi connectivity index (χ1n) is 6.10. The molecule has 5 nitrogen and oxygen atoms in total. The number of ketones is 1. The number of sulfonamides is 1. The summed E-state index contributed by atoms with van der Waals surface area (Å²) in [6.45, 7) is 1.62. The van der Waals surface area contributed by atoms with Gasteiger partial charge in [-0.3, -0.25) is 4.79 Å². The molecular formula is C13H15NO4S. The second-order valence-electron chi connectivity index (χ2n) is 4.54. The summed E-state index contributed by atoms with van der Waals surface area (Å²) in [5.41, 5.74) is 0.231. The van der Waals surface area contributed by atoms with E-state index in [2.05, 4.69) is 0 Å². The molecule has 19 heavy (non-hydrogen) atoms. The SMILES string of the molecule is CC(=O)CCCCN1C(=O)c2ccccc2S1(=O)=O. The molecule has 0 atom stereocenters. The summed E-state index contributed by atoms with van der Waals surface area (Å²) in [6, 6.07) is 6.21. The van der Waals surface area contributed by atoms with E-state index in [-0.39, 0.29) is 22.8 Å². The normalized spacial score (nSPS) is 16.5. The Bertz CT molecular complexity index is 621. The van der Waals surface area contributed by atoms with Crippen LogP contribution in [0.15, 0.2) is 29.2 Å². The van der Waals surface area contributed by atoms with Crippen molar-refractivity contribution in [1.82, 2.24) is 4.31 Å². The first-order valence-corrected chi connectivity index (χ1v) is 7.54. The lowest BCUT2D eigenvalue weighted by atomic mass is 10.2. The van der Waals surface area contributed by atoms with E-state index in [1.165, 1.54) is 19.1 Å². The van der Waals surface area contributed by atoms with Gasteiger partial charge in [-0.2, -0.15) is 0 Å². The topological polar surface area (TPSA) is 71.5 Å². The van der Waals surface area contributed by atoms with Gasteiger partial charge in [-0.15, -0.1) is 0 Å². The molecule has 102 valence electrons. The Kier molecular flexibility index (Phi) is 3.71. The first kappa shape index (κ1) is 13.7. The summed E-state index contributed by atoms with van der Waals surface area (Å²) in [6.07, 6.45) is 1.50. The Hall–Kier alpha value is -1.69. The van der Waals surface area contributed by atoms with Crippen molar-refractivity contribution in [3.8, 4) is 0 Å². The quantitative estimate of drug-likeness (QED) is 0.768. The average molecular weight is 281 g/mol. The number of carbonyl (C=O) groups is 2. The van der Waals surface area contributed by atoms with E-state index in [1.54, 1.807) is 12.1 Å². The fraction of sp³-hybridized carbons (Fsp3) is 0.385. The molecule has 0 radical (unpaired) electrons. The molecular weight excluding hydrogens is 266 g/mol. The standard InChI is InChI=1S/C13H15NO4S/c1-10(15)6-4-5-9-14-13(16)11-7-2-3-8-12(11)19(14,17)18/h2-3,7-8H,4-6,9H2,1H3. The molecule has 1 amide bonds. The van der Waals surface area contributed by atoms with Crippen molar-refractivity contribution in [2.24, 2.45) is 0 Å². The Labute approximate surface area is 112 Å². The molecule has 6 heteroatoms. The molecule has 0 N–H and O–H groups in total. The monoisotopic (exact) mass is 281 g/mol. The van der Waals surface area contributed by atoms with Crippen LogP contribution in [-0.2, 0) is 14.8 Å². The van der Waals surface area contributed by atoms with Crippen molar-refractivity contribution in [2.45, 2.75) is 31.1 Å². The van der Waals surface area contributed by atoms with Gasteiger partial charge in [0.1, 0.15) is 10.7 Å². The highest BCUT2D eigenvalue weighted by molar-refractivity contribution is 7.90. The lowest BCUT2D eigenvalue weighted by Crippen LogP contribution is -2.31. The number of rotatable bonds is 5. The van der Waals surface area contributed by atoms with Crippen LogP contribution in [0.1, 0.15) is 36.5 Å². The van der Waals surface area contributed by atoms with Crippen molar-refractivity contribution in [2.75, 3.05) is 6.54 Å². The summed E-state index contributed by atoms with van der Waals surface area (Å²) in [4.78, 5) is 22.9. The van der Waals surface area contributed by atoms with Gasteiger partial charge in [-0.05, 0) is 31.9 Å². The average Bonchev–Trinajstić information content (AvgIpc) is 2.55. The van der Waals surface area contributed by atoms with Crippen LogP contribution >= 0.6 is 0 Å². The van der Waals surface area contributed by atoms with Crippen LogP contribution in [-0.4, -0.2) is 31.0 Å². The van der Waals surface area contributed by atoms with Gasteiger partial charge >= 0.3 is 0 Å². The molecule has 0 fully saturated rings. The van der Waals surface area contributed by atoms with Gasteiger partial charge in [0, 0.05) is 13.0 Å². The van der Waals surface area contributed by atoms with Gasteiger partial charge in [-0.1, -0.05) is 12.1 Å². The number of hydrogen-bond donors (Lipinski definition) is 0. The molecule has 0 aliphatic carbocycles. The summed E-state index contributed by atoms with van der Waals surface area (Å²) in [7, 11) is -3.70. The maximum absolute atomic E-state index is 12.2. The number of unbranched alkanes of at least 4 members (excludes halogenated alkanes) is 1. The summed E-state index contributed by atoms with van der Waals surface area (Å²) >= 11 is 0. The van der Waals surface area contributed by atoms with E-state index in [4.69, 9.17) is 0 Å². The lowest BCUT2D eigenvalue weighted by Gasteiger charge is -2.14. The van der Waals surface area contributed by atoms with Crippen LogP contribution in [0.25, 0.3) is 0 Å². The van der Waals surface area contributed by atoms with Crippen LogP contribution < -0.4 is 0 Å². The third-order valence-corrected chi connectivity index (χ3v) is 4.89. The second kappa shape index (κ2) is 5.13. The predicted molar refractivity (Wildman–Crippen MR) is 69.2 cm³/mol. The molecule has 0 saturated carbocycles. The highest BCUT2D eigenvalue weighted by atomic mass is 32.2. The van der Waals surface area contributed by atoms with E-state index >= 15 is 0 Å². The van der Waals surface area contributed by atoms with Gasteiger partial charge < -0.3 is 4.79 Å². The first-order chi connectivity index (χ1) is 8.94. The number of amides is 1. The molecule has 1 aromatic rings. The number of Topliss-reactive ketones (excluding diaryl/α,β-unsaturated/α-hetero) is 1. The molecule has 2 rings (SSSR count). The molecule has 1 aliphatic heterocycles. The van der Waals surface area contributed by atoms with Crippen LogP contribution in [0.2, 0.25) is 0 Å². The summed E-state index contributed by atoms with van der Waals surface area (Å²) < 4.78 is 25.2. The molecule has 1 aliphatic rings. The number of carbonyl (C=O) groups excluding carboxylic acids is 2. The Morgan fingerprint density at radius 2 is 1.89 bits per heavy atom. The van der Waals surface area contributed by atoms with Gasteiger partial charge in [0.15, 0.2) is 0 Å². The van der Waals surface area contributed by atoms with Gasteiger partial charge in [-0.25, -0.2) is 12.7 Å². The Balaban J connectivity index is 2.12. The zero-order chi connectivity index (χ0) is 14.0. The van der Waals surface area contributed by atoms with Gasteiger partial charge in [0.25, 0.3) is 15.9 Å². The van der Waals surface area contributed by atoms with Gasteiger partial charge in [0.05, 0.1) is 5.56 Å². The zero-order valence-corrected chi connectivity index (χ0v) is 11.4. The minimum Gasteiger partial charge on any atom is -0.300 e. The van der Waals surface area contributed by atoms with Crippen molar-refractivity contribution >= 4 is 21.7 Å². The molecule has 0 unspecified atom stereocenters. The molecule has 0 aromatic heterocycles. The second-order valence-corrected chi connectivity index (χ2v) is 6.37. The highest BCUT2D eigenvalue weighted by Crippen LogP contribution is 2.29. The van der Waals surface area contributed by atoms with E-state index < -0.39 is 15.9 Å². The van der Waals surface area contributed by atoms with E-state index in [0.29, 0.717) is 19.3 Å². The third kappa shape index (κ3) is 2.53. The van der Waals surface area contributed by atoms with E-state index in [1.807, 2.05) is 0 Å². The van der Waals surface area contributed by atoms with Crippen molar-refractivity contribution in [3.63, 3.8) is 0 Å². The largest absolute Gasteiger partial charge is 0.300 e. The molecule has 1 aromatic carbocycles. The maximum atomic E-state index is 12.2. The van der Waals surface area contributed by atoms with E-state index in [9.17, 15) is 18.0 Å². The Morgan fingerprint density at radius 1 is 1.21 bits per heavy atom. The number of nitrogens with zero attached hydrogens (tertiary/aromatic N) is 1. The molecule has 0 saturated heterocycles. The minimum atomic E-state index is -3.70. The van der Waals surface area contributed by atoms with Crippen molar-refractivity contribution < 1.29 is 18.0 Å². The fourth-order valence-corrected chi connectivity index (χ4v) is 3.69. The summed E-state index contributed by atoms with van der Waals surface area (Å²) in [5, 5.41) is 0. The smallest absolute Gasteiger partial charge is 0.269 e. The number of fused-ring (bicyclic) bond motifs is 1. The van der Waals surface area contributed by atoms with Crippen LogP contribution in [0.4, 0.5) is 0 Å². The summed E-state index contributed by atoms with van der Waals surface area (Å²) in [5.74, 6) is -0.405. The highest BCUT2D eigenvalue weighted by Gasteiger charge is 2.40. The van der Waals surface area contributed by atoms with Crippen molar-refractivity contribution in [1.29, 1.82) is 0 Å². The molecule has 0 bridgehead atoms. The molecule has 0 spiro atoms. The predicted octanol–water partition coefficient (Wildman–Crippen LogP) is 1.59. The lowest BCUT2D eigenvalue weighted by molar-refractivity contribution is -0.117. The number of benzene rings is 1. The third-order valence-electron chi connectivity index (χ3n) is 3.05. The van der Waals surface area contributed by atoms with Crippen molar-refractivity contribution in [3.05, 3.63) is 29.8 Å². The number of hydrogen-bond acceptors (Lipinski definition) is 4.